The van der Waals surface area contributed by atoms with E-state index in [4.69, 9.17) is 4.74 Å². The minimum Gasteiger partial charge on any atom is -0.490 e. The maximum absolute atomic E-state index is 9.50. The molecular formula is C19H15N3O. The Balaban J connectivity index is 1.74. The van der Waals surface area contributed by atoms with Gasteiger partial charge >= 0.3 is 0 Å². The lowest BCUT2D eigenvalue weighted by Gasteiger charge is -2.02. The Hall–Kier alpha value is -3.06. The molecule has 0 saturated heterocycles. The molecule has 0 bridgehead atoms. The second-order valence-electron chi connectivity index (χ2n) is 5.77. The number of rotatable bonds is 2. The first-order chi connectivity index (χ1) is 11.2. The molecule has 0 amide bonds. The molecule has 4 nitrogen and oxygen atoms in total. The summed E-state index contributed by atoms with van der Waals surface area (Å²) in [5, 5.41) is 9.50. The first-order valence-corrected chi connectivity index (χ1v) is 7.59. The highest BCUT2D eigenvalue weighted by molar-refractivity contribution is 5.90. The third kappa shape index (κ3) is 2.47. The Labute approximate surface area is 134 Å². The second kappa shape index (κ2) is 5.29. The Kier molecular flexibility index (Phi) is 3.13. The van der Waals surface area contributed by atoms with Crippen molar-refractivity contribution in [3.8, 4) is 11.8 Å². The standard InChI is InChI=1S/C19H15N3O/c1-12-8-14-9-13(6-7-18(14)23-12)10-15(11-20)19-21-16-4-2-3-5-17(16)22-19/h2-7,9-10,12H,8H2,1H3,(H,21,22)/b15-10-/t12-/m1/s1. The zero-order valence-corrected chi connectivity index (χ0v) is 12.7. The molecule has 0 fully saturated rings. The van der Waals surface area contributed by atoms with Crippen LogP contribution in [-0.2, 0) is 6.42 Å². The van der Waals surface area contributed by atoms with E-state index in [1.165, 1.54) is 5.56 Å². The zero-order chi connectivity index (χ0) is 15.8. The SMILES string of the molecule is C[C@@H]1Cc2cc(/C=C(/C#N)c3nc4ccccc4[nH]3)ccc2O1. The molecule has 4 rings (SSSR count). The topological polar surface area (TPSA) is 61.7 Å². The van der Waals surface area contributed by atoms with E-state index in [2.05, 4.69) is 29.0 Å². The predicted octanol–water partition coefficient (Wildman–Crippen LogP) is 3.95. The number of nitriles is 1. The van der Waals surface area contributed by atoms with Crippen molar-refractivity contribution >= 4 is 22.7 Å². The summed E-state index contributed by atoms with van der Waals surface area (Å²) >= 11 is 0. The van der Waals surface area contributed by atoms with Crippen molar-refractivity contribution in [2.75, 3.05) is 0 Å². The van der Waals surface area contributed by atoms with Gasteiger partial charge in [0, 0.05) is 6.42 Å². The van der Waals surface area contributed by atoms with Crippen LogP contribution >= 0.6 is 0 Å². The summed E-state index contributed by atoms with van der Waals surface area (Å²) in [5.74, 6) is 1.54. The number of benzene rings is 2. The third-order valence-corrected chi connectivity index (χ3v) is 4.00. The smallest absolute Gasteiger partial charge is 0.149 e. The molecule has 3 aromatic rings. The van der Waals surface area contributed by atoms with E-state index in [9.17, 15) is 5.26 Å². The Bertz CT molecular complexity index is 929. The van der Waals surface area contributed by atoms with Gasteiger partial charge in [-0.1, -0.05) is 18.2 Å². The lowest BCUT2D eigenvalue weighted by atomic mass is 10.0. The lowest BCUT2D eigenvalue weighted by Crippen LogP contribution is -2.05. The van der Waals surface area contributed by atoms with Crippen LogP contribution in [0, 0.1) is 11.3 Å². The number of imidazole rings is 1. The fourth-order valence-corrected chi connectivity index (χ4v) is 2.93. The number of nitrogens with one attached hydrogen (secondary N) is 1. The van der Waals surface area contributed by atoms with E-state index in [-0.39, 0.29) is 6.10 Å². The zero-order valence-electron chi connectivity index (χ0n) is 12.7. The van der Waals surface area contributed by atoms with Crippen molar-refractivity contribution < 1.29 is 4.74 Å². The van der Waals surface area contributed by atoms with Crippen molar-refractivity contribution in [2.24, 2.45) is 0 Å². The first-order valence-electron chi connectivity index (χ1n) is 7.59. The maximum atomic E-state index is 9.50. The number of fused-ring (bicyclic) bond motifs is 2. The molecule has 1 aromatic heterocycles. The molecule has 1 atom stereocenters. The van der Waals surface area contributed by atoms with E-state index >= 15 is 0 Å². The molecule has 0 aliphatic carbocycles. The Morgan fingerprint density at radius 3 is 3.04 bits per heavy atom. The third-order valence-electron chi connectivity index (χ3n) is 4.00. The molecule has 23 heavy (non-hydrogen) atoms. The van der Waals surface area contributed by atoms with Crippen LogP contribution in [0.3, 0.4) is 0 Å². The van der Waals surface area contributed by atoms with Gasteiger partial charge in [0.05, 0.1) is 16.6 Å². The minimum atomic E-state index is 0.218. The number of hydrogen-bond acceptors (Lipinski definition) is 3. The number of aromatic nitrogens is 2. The van der Waals surface area contributed by atoms with Gasteiger partial charge in [0.1, 0.15) is 23.7 Å². The summed E-state index contributed by atoms with van der Waals surface area (Å²) in [6.45, 7) is 2.06. The number of H-pyrrole nitrogens is 1. The van der Waals surface area contributed by atoms with Crippen LogP contribution in [0.4, 0.5) is 0 Å². The number of ether oxygens (including phenoxy) is 1. The molecule has 1 N–H and O–H groups in total. The van der Waals surface area contributed by atoms with Crippen LogP contribution in [0.5, 0.6) is 5.75 Å². The van der Waals surface area contributed by atoms with Crippen LogP contribution in [0.15, 0.2) is 42.5 Å². The van der Waals surface area contributed by atoms with Crippen molar-refractivity contribution in [1.29, 1.82) is 5.26 Å². The average molecular weight is 301 g/mol. The van der Waals surface area contributed by atoms with Gasteiger partial charge in [0.15, 0.2) is 0 Å². The molecular weight excluding hydrogens is 286 g/mol. The van der Waals surface area contributed by atoms with Gasteiger partial charge in [-0.05, 0) is 48.4 Å². The van der Waals surface area contributed by atoms with Gasteiger partial charge in [-0.15, -0.1) is 0 Å². The van der Waals surface area contributed by atoms with Crippen molar-refractivity contribution in [2.45, 2.75) is 19.4 Å². The monoisotopic (exact) mass is 301 g/mol. The van der Waals surface area contributed by atoms with Gasteiger partial charge in [-0.3, -0.25) is 0 Å². The van der Waals surface area contributed by atoms with E-state index in [0.29, 0.717) is 11.4 Å². The fourth-order valence-electron chi connectivity index (χ4n) is 2.93. The highest BCUT2D eigenvalue weighted by Gasteiger charge is 2.18. The Morgan fingerprint density at radius 1 is 1.35 bits per heavy atom. The largest absolute Gasteiger partial charge is 0.490 e. The lowest BCUT2D eigenvalue weighted by molar-refractivity contribution is 0.254. The summed E-state index contributed by atoms with van der Waals surface area (Å²) in [7, 11) is 0. The van der Waals surface area contributed by atoms with Gasteiger partial charge in [0.2, 0.25) is 0 Å². The number of nitrogens with zero attached hydrogens (tertiary/aromatic N) is 2. The van der Waals surface area contributed by atoms with Gasteiger partial charge in [-0.2, -0.15) is 5.26 Å². The molecule has 2 heterocycles. The predicted molar refractivity (Wildman–Crippen MR) is 89.8 cm³/mol. The van der Waals surface area contributed by atoms with E-state index in [0.717, 1.165) is 28.8 Å². The molecule has 0 spiro atoms. The summed E-state index contributed by atoms with van der Waals surface area (Å²) in [4.78, 5) is 7.69. The van der Waals surface area contributed by atoms with Crippen LogP contribution in [-0.4, -0.2) is 16.1 Å². The quantitative estimate of drug-likeness (QED) is 0.729. The van der Waals surface area contributed by atoms with E-state index in [1.807, 2.05) is 42.5 Å². The first kappa shape index (κ1) is 13.6. The number of hydrogen-bond donors (Lipinski definition) is 1. The van der Waals surface area contributed by atoms with Crippen molar-refractivity contribution in [1.82, 2.24) is 9.97 Å². The molecule has 4 heteroatoms. The second-order valence-corrected chi connectivity index (χ2v) is 5.77. The molecule has 1 aliphatic rings. The normalized spacial score (nSPS) is 16.9. The molecule has 0 unspecified atom stereocenters. The highest BCUT2D eigenvalue weighted by atomic mass is 16.5. The molecule has 0 saturated carbocycles. The van der Waals surface area contributed by atoms with Crippen LogP contribution < -0.4 is 4.74 Å². The van der Waals surface area contributed by atoms with E-state index < -0.39 is 0 Å². The van der Waals surface area contributed by atoms with Crippen LogP contribution in [0.1, 0.15) is 23.9 Å². The van der Waals surface area contributed by atoms with Gasteiger partial charge in [-0.25, -0.2) is 4.98 Å². The van der Waals surface area contributed by atoms with E-state index in [1.54, 1.807) is 0 Å². The maximum Gasteiger partial charge on any atom is 0.149 e. The van der Waals surface area contributed by atoms with Crippen molar-refractivity contribution in [3.05, 3.63) is 59.4 Å². The van der Waals surface area contributed by atoms with Gasteiger partial charge in [0.25, 0.3) is 0 Å². The number of para-hydroxylation sites is 2. The van der Waals surface area contributed by atoms with Crippen molar-refractivity contribution in [3.63, 3.8) is 0 Å². The number of allylic oxidation sites excluding steroid dienone is 1. The highest BCUT2D eigenvalue weighted by Crippen LogP contribution is 2.30. The number of aromatic amines is 1. The summed E-state index contributed by atoms with van der Waals surface area (Å²) in [6.07, 6.45) is 2.99. The molecule has 1 aliphatic heterocycles. The van der Waals surface area contributed by atoms with Crippen LogP contribution in [0.25, 0.3) is 22.7 Å². The molecule has 2 aromatic carbocycles. The molecule has 112 valence electrons. The van der Waals surface area contributed by atoms with Gasteiger partial charge < -0.3 is 9.72 Å². The summed E-state index contributed by atoms with van der Waals surface area (Å²) in [6, 6.07) is 16.0. The average Bonchev–Trinajstić information content (AvgIpc) is 3.14. The minimum absolute atomic E-state index is 0.218. The fraction of sp³-hybridized carbons (Fsp3) is 0.158. The molecule has 0 radical (unpaired) electrons. The Morgan fingerprint density at radius 2 is 2.22 bits per heavy atom. The summed E-state index contributed by atoms with van der Waals surface area (Å²) < 4.78 is 5.71. The summed E-state index contributed by atoms with van der Waals surface area (Å²) in [5.41, 5.74) is 4.49. The van der Waals surface area contributed by atoms with Crippen LogP contribution in [0.2, 0.25) is 0 Å².